The van der Waals surface area contributed by atoms with Gasteiger partial charge < -0.3 is 19.7 Å². The second-order valence-electron chi connectivity index (χ2n) is 10.0. The van der Waals surface area contributed by atoms with Crippen molar-refractivity contribution in [1.29, 1.82) is 0 Å². The number of hydrogen-bond acceptors (Lipinski definition) is 7. The predicted octanol–water partition coefficient (Wildman–Crippen LogP) is 6.26. The van der Waals surface area contributed by atoms with E-state index in [-0.39, 0.29) is 35.2 Å². The number of hydrogen-bond donors (Lipinski definition) is 3. The summed E-state index contributed by atoms with van der Waals surface area (Å²) in [6.45, 7) is 2.02. The van der Waals surface area contributed by atoms with Gasteiger partial charge in [0.25, 0.3) is 10.0 Å². The number of thioether (sulfide) groups is 1. The van der Waals surface area contributed by atoms with Crippen LogP contribution in [0.1, 0.15) is 46.4 Å². The van der Waals surface area contributed by atoms with Crippen LogP contribution >= 0.6 is 11.8 Å². The summed E-state index contributed by atoms with van der Waals surface area (Å²) in [6, 6.07) is 29.5. The minimum atomic E-state index is -3.72. The average molecular weight is 606 g/mol. The largest absolute Gasteiger partial charge is 0.478 e. The smallest absolute Gasteiger partial charge is 0.335 e. The van der Waals surface area contributed by atoms with Crippen LogP contribution in [0.5, 0.6) is 0 Å². The molecule has 42 heavy (non-hydrogen) atoms. The molecule has 1 heterocycles. The highest BCUT2D eigenvalue weighted by Crippen LogP contribution is 2.43. The molecule has 5 rings (SSSR count). The van der Waals surface area contributed by atoms with Gasteiger partial charge in [0.1, 0.15) is 0 Å². The number of aliphatic hydroxyl groups excluding tert-OH is 1. The SMILES string of the molecule is C[C@@H]1[C@H](CSc2ccc(C(=O)O)cc2)O[C@H](c2ccc(NS(=O)(=O)c3ccccc3)cc2)O[C@@H]1c1ccc(CO)cc1. The normalized spacial score (nSPS) is 20.6. The molecule has 8 nitrogen and oxygen atoms in total. The number of rotatable bonds is 10. The zero-order valence-corrected chi connectivity index (χ0v) is 24.4. The van der Waals surface area contributed by atoms with Gasteiger partial charge in [0.2, 0.25) is 0 Å². The van der Waals surface area contributed by atoms with Gasteiger partial charge in [-0.25, -0.2) is 13.2 Å². The Morgan fingerprint density at radius 2 is 1.50 bits per heavy atom. The molecule has 4 aromatic carbocycles. The van der Waals surface area contributed by atoms with Gasteiger partial charge in [-0.1, -0.05) is 61.5 Å². The predicted molar refractivity (Wildman–Crippen MR) is 161 cm³/mol. The lowest BCUT2D eigenvalue weighted by atomic mass is 9.91. The molecular weight excluding hydrogens is 574 g/mol. The van der Waals surface area contributed by atoms with E-state index in [0.29, 0.717) is 11.4 Å². The van der Waals surface area contributed by atoms with Crippen LogP contribution in [0, 0.1) is 5.92 Å². The number of anilines is 1. The van der Waals surface area contributed by atoms with Crippen molar-refractivity contribution in [2.75, 3.05) is 10.5 Å². The van der Waals surface area contributed by atoms with Crippen molar-refractivity contribution in [1.82, 2.24) is 0 Å². The van der Waals surface area contributed by atoms with Crippen LogP contribution in [0.4, 0.5) is 5.69 Å². The number of carboxylic acids is 1. The van der Waals surface area contributed by atoms with Crippen molar-refractivity contribution in [3.05, 3.63) is 125 Å². The third kappa shape index (κ3) is 7.03. The Hall–Kier alpha value is -3.67. The first kappa shape index (κ1) is 29.8. The number of aromatic carboxylic acids is 1. The van der Waals surface area contributed by atoms with Crippen LogP contribution in [0.25, 0.3) is 0 Å². The summed E-state index contributed by atoms with van der Waals surface area (Å²) >= 11 is 1.58. The Morgan fingerprint density at radius 3 is 2.12 bits per heavy atom. The molecule has 0 aromatic heterocycles. The van der Waals surface area contributed by atoms with E-state index in [0.717, 1.165) is 21.6 Å². The topological polar surface area (TPSA) is 122 Å². The second-order valence-corrected chi connectivity index (χ2v) is 12.8. The average Bonchev–Trinajstić information content (AvgIpc) is 3.01. The van der Waals surface area contributed by atoms with Crippen molar-refractivity contribution >= 4 is 33.4 Å². The number of benzene rings is 4. The number of carboxylic acid groups (broad SMARTS) is 1. The summed E-state index contributed by atoms with van der Waals surface area (Å²) < 4.78 is 41.0. The number of ether oxygens (including phenoxy) is 2. The van der Waals surface area contributed by atoms with Crippen LogP contribution in [0.15, 0.2) is 113 Å². The van der Waals surface area contributed by atoms with Gasteiger partial charge in [0.05, 0.1) is 29.3 Å². The van der Waals surface area contributed by atoms with E-state index in [9.17, 15) is 23.4 Å². The molecule has 0 bridgehead atoms. The van der Waals surface area contributed by atoms with Gasteiger partial charge in [-0.2, -0.15) is 0 Å². The molecule has 10 heteroatoms. The highest BCUT2D eigenvalue weighted by Gasteiger charge is 2.38. The maximum atomic E-state index is 12.7. The standard InChI is InChI=1S/C32H31NO7S2/c1-21-29(20-41-27-17-13-24(14-18-27)31(35)36)39-32(40-30(21)23-9-7-22(19-34)8-10-23)25-11-15-26(16-12-25)33-42(37,38)28-5-3-2-4-6-28/h2-18,21,29-30,32-34H,19-20H2,1H3,(H,35,36)/t21-,29+,30+,32+/m1/s1. The van der Waals surface area contributed by atoms with E-state index in [1.807, 2.05) is 24.3 Å². The molecule has 0 radical (unpaired) electrons. The Balaban J connectivity index is 1.35. The minimum Gasteiger partial charge on any atom is -0.478 e. The highest BCUT2D eigenvalue weighted by atomic mass is 32.2. The van der Waals surface area contributed by atoms with Crippen molar-refractivity contribution in [3.63, 3.8) is 0 Å². The van der Waals surface area contributed by atoms with Gasteiger partial charge in [0, 0.05) is 27.8 Å². The highest BCUT2D eigenvalue weighted by molar-refractivity contribution is 7.99. The summed E-state index contributed by atoms with van der Waals surface area (Å²) in [5.74, 6) is -0.387. The molecule has 0 amide bonds. The molecule has 0 aliphatic carbocycles. The first-order chi connectivity index (χ1) is 20.2. The lowest BCUT2D eigenvalue weighted by molar-refractivity contribution is -0.268. The van der Waals surface area contributed by atoms with E-state index in [2.05, 4.69) is 11.6 Å². The number of aliphatic hydroxyl groups is 1. The van der Waals surface area contributed by atoms with Crippen LogP contribution in [0.2, 0.25) is 0 Å². The van der Waals surface area contributed by atoms with Gasteiger partial charge in [0.15, 0.2) is 6.29 Å². The molecule has 218 valence electrons. The van der Waals surface area contributed by atoms with Crippen LogP contribution in [0.3, 0.4) is 0 Å². The Labute approximate surface area is 249 Å². The fourth-order valence-electron chi connectivity index (χ4n) is 4.70. The van der Waals surface area contributed by atoms with E-state index >= 15 is 0 Å². The Bertz CT molecular complexity index is 1590. The lowest BCUT2D eigenvalue weighted by Gasteiger charge is -2.41. The fourth-order valence-corrected chi connectivity index (χ4v) is 6.85. The Morgan fingerprint density at radius 1 is 0.857 bits per heavy atom. The summed E-state index contributed by atoms with van der Waals surface area (Å²) in [7, 11) is -3.72. The molecule has 0 saturated carbocycles. The molecule has 1 saturated heterocycles. The van der Waals surface area contributed by atoms with E-state index in [1.165, 1.54) is 12.1 Å². The minimum absolute atomic E-state index is 0.0241. The summed E-state index contributed by atoms with van der Waals surface area (Å²) in [5.41, 5.74) is 3.15. The van der Waals surface area contributed by atoms with E-state index < -0.39 is 22.3 Å². The lowest BCUT2D eigenvalue weighted by Crippen LogP contribution is -2.38. The summed E-state index contributed by atoms with van der Waals surface area (Å²) in [4.78, 5) is 12.3. The monoisotopic (exact) mass is 605 g/mol. The molecule has 4 atom stereocenters. The van der Waals surface area contributed by atoms with Gasteiger partial charge in [-0.3, -0.25) is 4.72 Å². The second kappa shape index (κ2) is 13.1. The summed E-state index contributed by atoms with van der Waals surface area (Å²) in [5, 5.41) is 18.7. The number of nitrogens with one attached hydrogen (secondary N) is 1. The van der Waals surface area contributed by atoms with E-state index in [4.69, 9.17) is 9.47 Å². The van der Waals surface area contributed by atoms with Crippen LogP contribution < -0.4 is 4.72 Å². The third-order valence-electron chi connectivity index (χ3n) is 7.13. The molecule has 0 unspecified atom stereocenters. The number of sulfonamides is 1. The molecule has 1 fully saturated rings. The van der Waals surface area contributed by atoms with Crippen molar-refractivity contribution in [2.45, 2.75) is 41.8 Å². The zero-order chi connectivity index (χ0) is 29.7. The van der Waals surface area contributed by atoms with Gasteiger partial charge >= 0.3 is 5.97 Å². The molecule has 4 aromatic rings. The summed E-state index contributed by atoms with van der Waals surface area (Å²) in [6.07, 6.45) is -1.22. The molecular formula is C32H31NO7S2. The van der Waals surface area contributed by atoms with Gasteiger partial charge in [-0.05, 0) is 59.7 Å². The number of carbonyl (C=O) groups is 1. The third-order valence-corrected chi connectivity index (χ3v) is 9.63. The van der Waals surface area contributed by atoms with Gasteiger partial charge in [-0.15, -0.1) is 11.8 Å². The zero-order valence-electron chi connectivity index (χ0n) is 22.8. The first-order valence-corrected chi connectivity index (χ1v) is 15.8. The molecule has 1 aliphatic rings. The van der Waals surface area contributed by atoms with Crippen LogP contribution in [-0.4, -0.2) is 36.5 Å². The molecule has 0 spiro atoms. The molecule has 3 N–H and O–H groups in total. The molecule has 1 aliphatic heterocycles. The quantitative estimate of drug-likeness (QED) is 0.181. The van der Waals surface area contributed by atoms with Crippen molar-refractivity contribution < 1.29 is 32.9 Å². The maximum absolute atomic E-state index is 12.7. The van der Waals surface area contributed by atoms with Crippen molar-refractivity contribution in [2.24, 2.45) is 5.92 Å². The Kier molecular flexibility index (Phi) is 9.30. The fraction of sp³-hybridized carbons (Fsp3) is 0.219. The van der Waals surface area contributed by atoms with E-state index in [1.54, 1.807) is 78.5 Å². The van der Waals surface area contributed by atoms with Crippen LogP contribution in [-0.2, 0) is 26.1 Å². The maximum Gasteiger partial charge on any atom is 0.335 e. The van der Waals surface area contributed by atoms with Crippen molar-refractivity contribution in [3.8, 4) is 0 Å². The first-order valence-electron chi connectivity index (χ1n) is 13.4.